The van der Waals surface area contributed by atoms with Crippen molar-refractivity contribution in [1.29, 1.82) is 0 Å². The van der Waals surface area contributed by atoms with Crippen LogP contribution in [-0.2, 0) is 0 Å². The summed E-state index contributed by atoms with van der Waals surface area (Å²) in [7, 11) is 0. The van der Waals surface area contributed by atoms with Crippen molar-refractivity contribution in [2.75, 3.05) is 18.0 Å². The third-order valence-electron chi connectivity index (χ3n) is 3.86. The van der Waals surface area contributed by atoms with E-state index in [-0.39, 0.29) is 0 Å². The molecule has 1 aromatic heterocycles. The Morgan fingerprint density at radius 3 is 2.71 bits per heavy atom. The number of carboxylic acid groups (broad SMARTS) is 1. The average molecular weight is 303 g/mol. The Morgan fingerprint density at radius 2 is 2.05 bits per heavy atom. The lowest BCUT2D eigenvalue weighted by atomic mass is 9.97. The molecule has 108 valence electrons. The van der Waals surface area contributed by atoms with Crippen LogP contribution < -0.4 is 4.90 Å². The molecule has 2 heterocycles. The maximum Gasteiger partial charge on any atom is 0.335 e. The normalized spacial score (nSPS) is 18.0. The van der Waals surface area contributed by atoms with Gasteiger partial charge in [0.1, 0.15) is 5.82 Å². The maximum atomic E-state index is 10.9. The van der Waals surface area contributed by atoms with Gasteiger partial charge >= 0.3 is 5.97 Å². The third-order valence-corrected chi connectivity index (χ3v) is 4.15. The quantitative estimate of drug-likeness (QED) is 0.944. The van der Waals surface area contributed by atoms with Gasteiger partial charge < -0.3 is 10.0 Å². The predicted molar refractivity (Wildman–Crippen MR) is 82.2 cm³/mol. The molecule has 0 spiro atoms. The fourth-order valence-electron chi connectivity index (χ4n) is 2.73. The lowest BCUT2D eigenvalue weighted by Gasteiger charge is -2.18. The van der Waals surface area contributed by atoms with Crippen LogP contribution in [0, 0.1) is 0 Å². The standard InChI is InChI=1S/C16H15ClN2O2/c17-14-2-1-8-18-15(14)19-9-7-13(10-19)11-3-5-12(6-4-11)16(20)21/h1-6,8,13H,7,9-10H2,(H,20,21)/t13-/m0/s1. The number of aromatic nitrogens is 1. The van der Waals surface area contributed by atoms with Gasteiger partial charge in [-0.2, -0.15) is 0 Å². The fraction of sp³-hybridized carbons (Fsp3) is 0.250. The first-order valence-electron chi connectivity index (χ1n) is 6.84. The minimum absolute atomic E-state index is 0.321. The molecule has 1 aliphatic heterocycles. The molecule has 5 heteroatoms. The summed E-state index contributed by atoms with van der Waals surface area (Å²) >= 11 is 6.18. The number of benzene rings is 1. The van der Waals surface area contributed by atoms with E-state index in [1.54, 1.807) is 18.3 Å². The van der Waals surface area contributed by atoms with Gasteiger partial charge in [0.05, 0.1) is 10.6 Å². The Kier molecular flexibility index (Phi) is 3.80. The van der Waals surface area contributed by atoms with Gasteiger partial charge in [-0.05, 0) is 36.2 Å². The molecule has 3 rings (SSSR count). The lowest BCUT2D eigenvalue weighted by molar-refractivity contribution is 0.0697. The summed E-state index contributed by atoms with van der Waals surface area (Å²) in [4.78, 5) is 17.4. The smallest absolute Gasteiger partial charge is 0.335 e. The molecule has 1 aromatic carbocycles. The predicted octanol–water partition coefficient (Wildman–Crippen LogP) is 3.43. The highest BCUT2D eigenvalue weighted by Crippen LogP contribution is 2.32. The number of halogens is 1. The van der Waals surface area contributed by atoms with Gasteiger partial charge in [0.2, 0.25) is 0 Å². The second-order valence-corrected chi connectivity index (χ2v) is 5.57. The summed E-state index contributed by atoms with van der Waals surface area (Å²) in [6, 6.07) is 10.8. The SMILES string of the molecule is O=C(O)c1ccc([C@H]2CCN(c3ncccc3Cl)C2)cc1. The fourth-order valence-corrected chi connectivity index (χ4v) is 2.97. The molecule has 0 amide bonds. The number of rotatable bonds is 3. The second-order valence-electron chi connectivity index (χ2n) is 5.17. The zero-order valence-corrected chi connectivity index (χ0v) is 12.1. The van der Waals surface area contributed by atoms with E-state index in [4.69, 9.17) is 16.7 Å². The zero-order chi connectivity index (χ0) is 14.8. The van der Waals surface area contributed by atoms with E-state index in [0.29, 0.717) is 16.5 Å². The number of aromatic carboxylic acids is 1. The number of anilines is 1. The molecule has 1 atom stereocenters. The van der Waals surface area contributed by atoms with Crippen LogP contribution in [0.5, 0.6) is 0 Å². The Labute approximate surface area is 128 Å². The maximum absolute atomic E-state index is 10.9. The van der Waals surface area contributed by atoms with E-state index < -0.39 is 5.97 Å². The van der Waals surface area contributed by atoms with Crippen LogP contribution >= 0.6 is 11.6 Å². The van der Waals surface area contributed by atoms with Crippen LogP contribution in [0.15, 0.2) is 42.6 Å². The largest absolute Gasteiger partial charge is 0.478 e. The first-order chi connectivity index (χ1) is 10.1. The van der Waals surface area contributed by atoms with E-state index in [1.165, 1.54) is 0 Å². The Morgan fingerprint density at radius 1 is 1.29 bits per heavy atom. The summed E-state index contributed by atoms with van der Waals surface area (Å²) in [5.74, 6) is 0.310. The summed E-state index contributed by atoms with van der Waals surface area (Å²) in [5.41, 5.74) is 1.48. The van der Waals surface area contributed by atoms with Crippen molar-refractivity contribution in [2.45, 2.75) is 12.3 Å². The van der Waals surface area contributed by atoms with E-state index >= 15 is 0 Å². The first-order valence-corrected chi connectivity index (χ1v) is 7.21. The Bertz CT molecular complexity index is 658. The van der Waals surface area contributed by atoms with Crippen LogP contribution in [0.25, 0.3) is 0 Å². The number of carbonyl (C=O) groups is 1. The third kappa shape index (κ3) is 2.85. The molecule has 0 aliphatic carbocycles. The molecular formula is C16H15ClN2O2. The lowest BCUT2D eigenvalue weighted by Crippen LogP contribution is -2.20. The van der Waals surface area contributed by atoms with Gasteiger partial charge in [0.25, 0.3) is 0 Å². The molecule has 4 nitrogen and oxygen atoms in total. The molecule has 21 heavy (non-hydrogen) atoms. The number of hydrogen-bond acceptors (Lipinski definition) is 3. The van der Waals surface area contributed by atoms with Crippen LogP contribution in [0.3, 0.4) is 0 Å². The second kappa shape index (κ2) is 5.74. The van der Waals surface area contributed by atoms with Crippen molar-refractivity contribution in [2.24, 2.45) is 0 Å². The number of carboxylic acids is 1. The van der Waals surface area contributed by atoms with Crippen molar-refractivity contribution >= 4 is 23.4 Å². The Hall–Kier alpha value is -2.07. The molecular weight excluding hydrogens is 288 g/mol. The molecule has 2 aromatic rings. The van der Waals surface area contributed by atoms with Gasteiger partial charge in [-0.25, -0.2) is 9.78 Å². The van der Waals surface area contributed by atoms with Crippen LogP contribution in [0.4, 0.5) is 5.82 Å². The highest BCUT2D eigenvalue weighted by molar-refractivity contribution is 6.32. The monoisotopic (exact) mass is 302 g/mol. The summed E-state index contributed by atoms with van der Waals surface area (Å²) in [5, 5.41) is 9.60. The minimum Gasteiger partial charge on any atom is -0.478 e. The molecule has 0 bridgehead atoms. The number of nitrogens with zero attached hydrogens (tertiary/aromatic N) is 2. The van der Waals surface area contributed by atoms with Crippen molar-refractivity contribution in [1.82, 2.24) is 4.98 Å². The van der Waals surface area contributed by atoms with Crippen molar-refractivity contribution in [3.8, 4) is 0 Å². The zero-order valence-electron chi connectivity index (χ0n) is 11.4. The average Bonchev–Trinajstić information content (AvgIpc) is 2.97. The summed E-state index contributed by atoms with van der Waals surface area (Å²) < 4.78 is 0. The Balaban J connectivity index is 1.75. The van der Waals surface area contributed by atoms with Crippen molar-refractivity contribution in [3.63, 3.8) is 0 Å². The topological polar surface area (TPSA) is 53.4 Å². The van der Waals surface area contributed by atoms with Gasteiger partial charge in [0.15, 0.2) is 0 Å². The molecule has 1 aliphatic rings. The van der Waals surface area contributed by atoms with E-state index in [1.807, 2.05) is 24.3 Å². The van der Waals surface area contributed by atoms with Crippen molar-refractivity contribution < 1.29 is 9.90 Å². The minimum atomic E-state index is -0.894. The van der Waals surface area contributed by atoms with Gasteiger partial charge in [-0.3, -0.25) is 0 Å². The molecule has 1 fully saturated rings. The molecule has 1 N–H and O–H groups in total. The number of hydrogen-bond donors (Lipinski definition) is 1. The van der Waals surface area contributed by atoms with Crippen LogP contribution in [0.2, 0.25) is 5.02 Å². The molecule has 0 unspecified atom stereocenters. The van der Waals surface area contributed by atoms with Crippen LogP contribution in [0.1, 0.15) is 28.3 Å². The van der Waals surface area contributed by atoms with E-state index in [9.17, 15) is 4.79 Å². The highest BCUT2D eigenvalue weighted by Gasteiger charge is 2.26. The van der Waals surface area contributed by atoms with E-state index in [0.717, 1.165) is 30.9 Å². The van der Waals surface area contributed by atoms with E-state index in [2.05, 4.69) is 9.88 Å². The highest BCUT2D eigenvalue weighted by atomic mass is 35.5. The summed E-state index contributed by atoms with van der Waals surface area (Å²) in [6.45, 7) is 1.76. The van der Waals surface area contributed by atoms with Crippen molar-refractivity contribution in [3.05, 3.63) is 58.7 Å². The summed E-state index contributed by atoms with van der Waals surface area (Å²) in [6.07, 6.45) is 2.76. The van der Waals surface area contributed by atoms with Gasteiger partial charge in [-0.15, -0.1) is 0 Å². The molecule has 0 saturated carbocycles. The van der Waals surface area contributed by atoms with Crippen LogP contribution in [-0.4, -0.2) is 29.1 Å². The first kappa shape index (κ1) is 13.9. The number of pyridine rings is 1. The van der Waals surface area contributed by atoms with Gasteiger partial charge in [-0.1, -0.05) is 23.7 Å². The molecule has 1 saturated heterocycles. The molecule has 0 radical (unpaired) electrons. The van der Waals surface area contributed by atoms with Gasteiger partial charge in [0, 0.05) is 25.2 Å².